The van der Waals surface area contributed by atoms with E-state index in [1.54, 1.807) is 0 Å². The fourth-order valence-corrected chi connectivity index (χ4v) is 1.35. The Kier molecular flexibility index (Phi) is 4.05. The molecule has 3 nitrogen and oxygen atoms in total. The molecule has 0 saturated heterocycles. The third-order valence-electron chi connectivity index (χ3n) is 2.06. The molecule has 1 atom stereocenters. The average molecular weight is 231 g/mol. The molecular weight excluding hydrogens is 219 g/mol. The summed E-state index contributed by atoms with van der Waals surface area (Å²) in [6.07, 6.45) is 0.151. The molecule has 0 radical (unpaired) electrons. The molecular formula is C10H12ClFN2O. The highest BCUT2D eigenvalue weighted by Gasteiger charge is 2.12. The minimum atomic E-state index is -0.493. The smallest absolute Gasteiger partial charge is 0.221 e. The van der Waals surface area contributed by atoms with Gasteiger partial charge in [0.05, 0.1) is 5.02 Å². The van der Waals surface area contributed by atoms with Gasteiger partial charge < -0.3 is 11.1 Å². The monoisotopic (exact) mass is 230 g/mol. The Balaban J connectivity index is 2.78. The number of rotatable bonds is 3. The minimum absolute atomic E-state index is 0.0138. The molecule has 0 saturated carbocycles. The summed E-state index contributed by atoms with van der Waals surface area (Å²) in [5, 5.41) is 2.48. The number of halogens is 2. The first-order chi connectivity index (χ1) is 7.04. The van der Waals surface area contributed by atoms with Crippen LogP contribution in [0.1, 0.15) is 18.0 Å². The number of nitrogens with two attached hydrogens (primary N) is 1. The van der Waals surface area contributed by atoms with E-state index >= 15 is 0 Å². The number of hydrogen-bond acceptors (Lipinski definition) is 2. The largest absolute Gasteiger partial charge is 0.359 e. The molecule has 0 aliphatic heterocycles. The Morgan fingerprint density at radius 3 is 2.87 bits per heavy atom. The van der Waals surface area contributed by atoms with Crippen molar-refractivity contribution in [1.82, 2.24) is 5.32 Å². The summed E-state index contributed by atoms with van der Waals surface area (Å²) in [6.45, 7) is 0. The van der Waals surface area contributed by atoms with Gasteiger partial charge >= 0.3 is 0 Å². The lowest BCUT2D eigenvalue weighted by molar-refractivity contribution is -0.120. The molecule has 1 aromatic rings. The molecule has 0 aliphatic rings. The number of benzene rings is 1. The summed E-state index contributed by atoms with van der Waals surface area (Å²) in [7, 11) is 1.53. The van der Waals surface area contributed by atoms with Crippen LogP contribution in [0.4, 0.5) is 4.39 Å². The zero-order chi connectivity index (χ0) is 11.4. The Bertz CT molecular complexity index is 370. The van der Waals surface area contributed by atoms with E-state index in [9.17, 15) is 9.18 Å². The van der Waals surface area contributed by atoms with E-state index in [2.05, 4.69) is 5.32 Å². The van der Waals surface area contributed by atoms with Crippen molar-refractivity contribution in [3.8, 4) is 0 Å². The molecule has 1 unspecified atom stereocenters. The highest BCUT2D eigenvalue weighted by atomic mass is 35.5. The van der Waals surface area contributed by atoms with Gasteiger partial charge in [-0.05, 0) is 17.7 Å². The zero-order valence-electron chi connectivity index (χ0n) is 8.26. The van der Waals surface area contributed by atoms with Crippen LogP contribution in [-0.4, -0.2) is 13.0 Å². The molecule has 0 heterocycles. The van der Waals surface area contributed by atoms with E-state index in [1.807, 2.05) is 0 Å². The lowest BCUT2D eigenvalue weighted by Crippen LogP contribution is -2.24. The molecule has 1 aromatic carbocycles. The molecule has 5 heteroatoms. The quantitative estimate of drug-likeness (QED) is 0.829. The highest BCUT2D eigenvalue weighted by molar-refractivity contribution is 6.30. The first-order valence-electron chi connectivity index (χ1n) is 4.45. The molecule has 0 spiro atoms. The summed E-state index contributed by atoms with van der Waals surface area (Å²) in [5.74, 6) is -0.657. The Morgan fingerprint density at radius 1 is 1.67 bits per heavy atom. The fraction of sp³-hybridized carbons (Fsp3) is 0.300. The van der Waals surface area contributed by atoms with Crippen LogP contribution in [0.25, 0.3) is 0 Å². The van der Waals surface area contributed by atoms with Gasteiger partial charge in [0, 0.05) is 19.5 Å². The topological polar surface area (TPSA) is 55.1 Å². The standard InChI is InChI=1S/C10H12ClFN2O/c1-14-10(15)5-9(13)6-2-3-8(12)7(11)4-6/h2-4,9H,5,13H2,1H3,(H,14,15). The van der Waals surface area contributed by atoms with Gasteiger partial charge in [0.1, 0.15) is 5.82 Å². The number of carbonyl (C=O) groups excluding carboxylic acids is 1. The van der Waals surface area contributed by atoms with E-state index in [4.69, 9.17) is 17.3 Å². The van der Waals surface area contributed by atoms with E-state index in [0.717, 1.165) is 0 Å². The normalized spacial score (nSPS) is 12.3. The van der Waals surface area contributed by atoms with Crippen LogP contribution in [-0.2, 0) is 4.79 Å². The lowest BCUT2D eigenvalue weighted by atomic mass is 10.0. The summed E-state index contributed by atoms with van der Waals surface area (Å²) in [5.41, 5.74) is 6.39. The van der Waals surface area contributed by atoms with Crippen LogP contribution >= 0.6 is 11.6 Å². The van der Waals surface area contributed by atoms with Crippen molar-refractivity contribution < 1.29 is 9.18 Å². The number of carbonyl (C=O) groups is 1. The van der Waals surface area contributed by atoms with E-state index in [0.29, 0.717) is 5.56 Å². The molecule has 0 aliphatic carbocycles. The maximum absolute atomic E-state index is 12.8. The fourth-order valence-electron chi connectivity index (χ4n) is 1.16. The Morgan fingerprint density at radius 2 is 2.33 bits per heavy atom. The van der Waals surface area contributed by atoms with Gasteiger partial charge in [-0.2, -0.15) is 0 Å². The summed E-state index contributed by atoms with van der Waals surface area (Å²) in [6, 6.07) is 3.73. The second kappa shape index (κ2) is 5.09. The SMILES string of the molecule is CNC(=O)CC(N)c1ccc(F)c(Cl)c1. The molecule has 0 bridgehead atoms. The van der Waals surface area contributed by atoms with Crippen molar-refractivity contribution in [3.05, 3.63) is 34.6 Å². The second-order valence-electron chi connectivity index (χ2n) is 3.16. The van der Waals surface area contributed by atoms with Crippen LogP contribution in [0.5, 0.6) is 0 Å². The van der Waals surface area contributed by atoms with Crippen LogP contribution < -0.4 is 11.1 Å². The molecule has 0 fully saturated rings. The van der Waals surface area contributed by atoms with E-state index in [-0.39, 0.29) is 17.4 Å². The minimum Gasteiger partial charge on any atom is -0.359 e. The van der Waals surface area contributed by atoms with Gasteiger partial charge in [0.2, 0.25) is 5.91 Å². The molecule has 15 heavy (non-hydrogen) atoms. The summed E-state index contributed by atoms with van der Waals surface area (Å²) in [4.78, 5) is 11.0. The maximum atomic E-state index is 12.8. The maximum Gasteiger partial charge on any atom is 0.221 e. The summed E-state index contributed by atoms with van der Waals surface area (Å²) >= 11 is 5.60. The van der Waals surface area contributed by atoms with Crippen LogP contribution in [0.3, 0.4) is 0 Å². The predicted octanol–water partition coefficient (Wildman–Crippen LogP) is 1.61. The Hall–Kier alpha value is -1.13. The van der Waals surface area contributed by atoms with Crippen molar-refractivity contribution in [2.24, 2.45) is 5.73 Å². The van der Waals surface area contributed by atoms with Crippen molar-refractivity contribution in [2.45, 2.75) is 12.5 Å². The van der Waals surface area contributed by atoms with Crippen LogP contribution in [0, 0.1) is 5.82 Å². The zero-order valence-corrected chi connectivity index (χ0v) is 9.01. The van der Waals surface area contributed by atoms with Crippen molar-refractivity contribution >= 4 is 17.5 Å². The van der Waals surface area contributed by atoms with Gasteiger partial charge in [-0.25, -0.2) is 4.39 Å². The van der Waals surface area contributed by atoms with Crippen LogP contribution in [0.2, 0.25) is 5.02 Å². The lowest BCUT2D eigenvalue weighted by Gasteiger charge is -2.11. The molecule has 1 rings (SSSR count). The third kappa shape index (κ3) is 3.18. The first kappa shape index (κ1) is 11.9. The predicted molar refractivity (Wildman–Crippen MR) is 57.0 cm³/mol. The van der Waals surface area contributed by atoms with Gasteiger partial charge in [-0.15, -0.1) is 0 Å². The average Bonchev–Trinajstić information content (AvgIpc) is 2.21. The molecule has 1 amide bonds. The van der Waals surface area contributed by atoms with E-state index in [1.165, 1.54) is 25.2 Å². The van der Waals surface area contributed by atoms with Crippen molar-refractivity contribution in [2.75, 3.05) is 7.05 Å². The van der Waals surface area contributed by atoms with Crippen molar-refractivity contribution in [1.29, 1.82) is 0 Å². The Labute approximate surface area is 92.4 Å². The van der Waals surface area contributed by atoms with Crippen LogP contribution in [0.15, 0.2) is 18.2 Å². The van der Waals surface area contributed by atoms with Gasteiger partial charge in [0.25, 0.3) is 0 Å². The second-order valence-corrected chi connectivity index (χ2v) is 3.56. The molecule has 82 valence electrons. The highest BCUT2D eigenvalue weighted by Crippen LogP contribution is 2.21. The number of amides is 1. The third-order valence-corrected chi connectivity index (χ3v) is 2.35. The van der Waals surface area contributed by atoms with E-state index < -0.39 is 11.9 Å². The summed E-state index contributed by atoms with van der Waals surface area (Å²) < 4.78 is 12.8. The van der Waals surface area contributed by atoms with Gasteiger partial charge in [-0.3, -0.25) is 4.79 Å². The molecule has 0 aromatic heterocycles. The van der Waals surface area contributed by atoms with Gasteiger partial charge in [-0.1, -0.05) is 17.7 Å². The van der Waals surface area contributed by atoms with Gasteiger partial charge in [0.15, 0.2) is 0 Å². The number of nitrogens with one attached hydrogen (secondary N) is 1. The van der Waals surface area contributed by atoms with Crippen molar-refractivity contribution in [3.63, 3.8) is 0 Å². The molecule has 3 N–H and O–H groups in total. The number of hydrogen-bond donors (Lipinski definition) is 2. The first-order valence-corrected chi connectivity index (χ1v) is 4.83.